The van der Waals surface area contributed by atoms with E-state index in [0.717, 1.165) is 17.7 Å². The summed E-state index contributed by atoms with van der Waals surface area (Å²) in [4.78, 5) is 21.2. The van der Waals surface area contributed by atoms with Crippen LogP contribution in [0.3, 0.4) is 0 Å². The minimum absolute atomic E-state index is 0.188. The maximum atomic E-state index is 12.3. The van der Waals surface area contributed by atoms with Crippen molar-refractivity contribution in [3.63, 3.8) is 0 Å². The van der Waals surface area contributed by atoms with E-state index in [1.165, 1.54) is 0 Å². The molecule has 0 unspecified atom stereocenters. The molecule has 2 aromatic heterocycles. The van der Waals surface area contributed by atoms with Crippen molar-refractivity contribution >= 4 is 11.6 Å². The molecule has 3 rings (SSSR count). The molecule has 0 spiro atoms. The molecule has 0 aliphatic heterocycles. The second-order valence-electron chi connectivity index (χ2n) is 6.03. The van der Waals surface area contributed by atoms with E-state index in [2.05, 4.69) is 15.3 Å². The molecular weight excluding hydrogens is 316 g/mol. The normalized spacial score (nSPS) is 11.2. The van der Waals surface area contributed by atoms with Gasteiger partial charge >= 0.3 is 0 Å². The quantitative estimate of drug-likeness (QED) is 0.673. The van der Waals surface area contributed by atoms with E-state index in [-0.39, 0.29) is 12.0 Å². The number of hydrogen-bond acceptors (Lipinski definition) is 4. The van der Waals surface area contributed by atoms with Crippen LogP contribution in [0.5, 0.6) is 0 Å². The molecule has 0 aliphatic rings. The molecular formula is C19H22N4O2. The highest BCUT2D eigenvalue weighted by Gasteiger charge is 2.14. The fourth-order valence-electron chi connectivity index (χ4n) is 2.51. The van der Waals surface area contributed by atoms with Gasteiger partial charge in [0.05, 0.1) is 6.10 Å². The van der Waals surface area contributed by atoms with Gasteiger partial charge in [-0.2, -0.15) is 0 Å². The molecule has 1 aromatic carbocycles. The maximum absolute atomic E-state index is 12.3. The van der Waals surface area contributed by atoms with E-state index in [1.807, 2.05) is 48.6 Å². The lowest BCUT2D eigenvalue weighted by molar-refractivity contribution is 0.0756. The van der Waals surface area contributed by atoms with Crippen molar-refractivity contribution < 1.29 is 9.53 Å². The zero-order valence-electron chi connectivity index (χ0n) is 14.5. The molecule has 1 amide bonds. The van der Waals surface area contributed by atoms with Gasteiger partial charge < -0.3 is 14.5 Å². The smallest absolute Gasteiger partial charge is 0.271 e. The predicted molar refractivity (Wildman–Crippen MR) is 96.5 cm³/mol. The summed E-state index contributed by atoms with van der Waals surface area (Å²) in [6.07, 6.45) is 6.21. The molecule has 0 atom stereocenters. The molecule has 130 valence electrons. The van der Waals surface area contributed by atoms with Crippen molar-refractivity contribution in [2.45, 2.75) is 26.4 Å². The first-order valence-corrected chi connectivity index (χ1v) is 8.44. The monoisotopic (exact) mass is 338 g/mol. The Balaban J connectivity index is 1.72. The van der Waals surface area contributed by atoms with Crippen molar-refractivity contribution in [2.24, 2.45) is 0 Å². The van der Waals surface area contributed by atoms with E-state index in [4.69, 9.17) is 4.74 Å². The summed E-state index contributed by atoms with van der Waals surface area (Å²) in [6.45, 7) is 5.18. The first-order valence-electron chi connectivity index (χ1n) is 8.44. The zero-order valence-corrected chi connectivity index (χ0v) is 14.5. The van der Waals surface area contributed by atoms with Gasteiger partial charge in [-0.15, -0.1) is 0 Å². The van der Waals surface area contributed by atoms with Crippen LogP contribution in [-0.2, 0) is 4.74 Å². The summed E-state index contributed by atoms with van der Waals surface area (Å²) in [5.41, 5.74) is 2.78. The molecule has 0 bridgehead atoms. The highest BCUT2D eigenvalue weighted by molar-refractivity contribution is 5.93. The van der Waals surface area contributed by atoms with Gasteiger partial charge in [0.2, 0.25) is 0 Å². The van der Waals surface area contributed by atoms with Gasteiger partial charge in [0, 0.05) is 37.3 Å². The molecule has 0 saturated heterocycles. The van der Waals surface area contributed by atoms with Crippen molar-refractivity contribution in [1.29, 1.82) is 0 Å². The lowest BCUT2D eigenvalue weighted by Gasteiger charge is -2.07. The summed E-state index contributed by atoms with van der Waals surface area (Å²) in [5, 5.41) is 2.88. The van der Waals surface area contributed by atoms with E-state index in [0.29, 0.717) is 24.5 Å². The van der Waals surface area contributed by atoms with Crippen LogP contribution in [-0.4, -0.2) is 39.5 Å². The Morgan fingerprint density at radius 1 is 1.28 bits per heavy atom. The third-order valence-electron chi connectivity index (χ3n) is 3.71. The number of amides is 1. The summed E-state index contributed by atoms with van der Waals surface area (Å²) in [5.74, 6) is -0.188. The summed E-state index contributed by atoms with van der Waals surface area (Å²) < 4.78 is 7.29. The highest BCUT2D eigenvalue weighted by atomic mass is 16.5. The average Bonchev–Trinajstić information content (AvgIpc) is 3.06. The Hall–Kier alpha value is -2.73. The first kappa shape index (κ1) is 17.1. The fraction of sp³-hybridized carbons (Fsp3) is 0.316. The number of aromatic nitrogens is 3. The number of ether oxygens (including phenoxy) is 1. The topological polar surface area (TPSA) is 68.5 Å². The number of nitrogens with one attached hydrogen (secondary N) is 1. The van der Waals surface area contributed by atoms with Gasteiger partial charge in [0.1, 0.15) is 11.4 Å². The molecule has 0 aliphatic carbocycles. The fourth-order valence-corrected chi connectivity index (χ4v) is 2.51. The van der Waals surface area contributed by atoms with Gasteiger partial charge in [-0.05, 0) is 20.3 Å². The Labute approximate surface area is 146 Å². The minimum atomic E-state index is -0.188. The zero-order chi connectivity index (χ0) is 17.6. The second-order valence-corrected chi connectivity index (χ2v) is 6.03. The summed E-state index contributed by atoms with van der Waals surface area (Å²) in [6, 6.07) is 9.82. The Bertz CT molecular complexity index is 843. The van der Waals surface area contributed by atoms with Crippen molar-refractivity contribution in [3.8, 4) is 11.3 Å². The van der Waals surface area contributed by atoms with Crippen LogP contribution >= 0.6 is 0 Å². The Morgan fingerprint density at radius 2 is 2.08 bits per heavy atom. The number of fused-ring (bicyclic) bond motifs is 1. The van der Waals surface area contributed by atoms with Gasteiger partial charge in [0.25, 0.3) is 5.91 Å². The van der Waals surface area contributed by atoms with Crippen LogP contribution in [0.1, 0.15) is 30.8 Å². The number of imidazole rings is 1. The Kier molecular flexibility index (Phi) is 5.40. The summed E-state index contributed by atoms with van der Waals surface area (Å²) in [7, 11) is 0. The third-order valence-corrected chi connectivity index (χ3v) is 3.71. The number of rotatable bonds is 7. The molecule has 0 radical (unpaired) electrons. The molecule has 0 saturated carbocycles. The maximum Gasteiger partial charge on any atom is 0.271 e. The van der Waals surface area contributed by atoms with E-state index >= 15 is 0 Å². The van der Waals surface area contributed by atoms with Gasteiger partial charge in [-0.1, -0.05) is 30.3 Å². The van der Waals surface area contributed by atoms with Crippen molar-refractivity contribution in [3.05, 3.63) is 54.6 Å². The van der Waals surface area contributed by atoms with Crippen LogP contribution in [0.15, 0.2) is 48.9 Å². The van der Waals surface area contributed by atoms with Crippen molar-refractivity contribution in [2.75, 3.05) is 13.2 Å². The third kappa shape index (κ3) is 4.22. The first-order chi connectivity index (χ1) is 12.1. The standard InChI is InChI=1S/C19H22N4O2/c1-14(2)25-12-6-9-21-19(24)16-13-23-11-10-20-17(18(23)22-16)15-7-4-3-5-8-15/h3-5,7-8,10-11,13-14H,6,9,12H2,1-2H3,(H,21,24). The van der Waals surface area contributed by atoms with E-state index < -0.39 is 0 Å². The lowest BCUT2D eigenvalue weighted by atomic mass is 10.1. The second kappa shape index (κ2) is 7.90. The molecule has 1 N–H and O–H groups in total. The number of benzene rings is 1. The highest BCUT2D eigenvalue weighted by Crippen LogP contribution is 2.21. The molecule has 2 heterocycles. The van der Waals surface area contributed by atoms with Crippen LogP contribution < -0.4 is 5.32 Å². The minimum Gasteiger partial charge on any atom is -0.379 e. The predicted octanol–water partition coefficient (Wildman–Crippen LogP) is 2.94. The van der Waals surface area contributed by atoms with Gasteiger partial charge in [0.15, 0.2) is 5.65 Å². The number of carbonyl (C=O) groups excluding carboxylic acids is 1. The molecule has 25 heavy (non-hydrogen) atoms. The number of hydrogen-bond donors (Lipinski definition) is 1. The van der Waals surface area contributed by atoms with Gasteiger partial charge in [-0.3, -0.25) is 9.78 Å². The number of nitrogens with zero attached hydrogens (tertiary/aromatic N) is 3. The van der Waals surface area contributed by atoms with Crippen LogP contribution in [0, 0.1) is 0 Å². The van der Waals surface area contributed by atoms with Crippen LogP contribution in [0.25, 0.3) is 16.9 Å². The van der Waals surface area contributed by atoms with E-state index in [1.54, 1.807) is 18.6 Å². The average molecular weight is 338 g/mol. The Morgan fingerprint density at radius 3 is 2.84 bits per heavy atom. The van der Waals surface area contributed by atoms with Crippen LogP contribution in [0.4, 0.5) is 0 Å². The van der Waals surface area contributed by atoms with E-state index in [9.17, 15) is 4.79 Å². The SMILES string of the molecule is CC(C)OCCCNC(=O)c1cn2ccnc(-c3ccccc3)c2n1. The molecule has 0 fully saturated rings. The van der Waals surface area contributed by atoms with Gasteiger partial charge in [-0.25, -0.2) is 4.98 Å². The lowest BCUT2D eigenvalue weighted by Crippen LogP contribution is -2.25. The van der Waals surface area contributed by atoms with Crippen LogP contribution in [0.2, 0.25) is 0 Å². The summed E-state index contributed by atoms with van der Waals surface area (Å²) >= 11 is 0. The molecule has 6 nitrogen and oxygen atoms in total. The molecule has 3 aromatic rings. The largest absolute Gasteiger partial charge is 0.379 e. The van der Waals surface area contributed by atoms with Crippen molar-refractivity contribution in [1.82, 2.24) is 19.7 Å². The molecule has 6 heteroatoms. The number of carbonyl (C=O) groups is 1.